The van der Waals surface area contributed by atoms with Crippen LogP contribution in [0.15, 0.2) is 217 Å². The highest BCUT2D eigenvalue weighted by atomic mass is 35.5. The number of rotatable bonds is 17. The molecule has 1 amide bonds. The second-order valence-corrected chi connectivity index (χ2v) is 22.5. The SMILES string of the molecule is Cl.Nc1cnc(-c2cc(-c3ccon3)n(Cc3cccc(F)c3F)n2)nc1N.Nc1nc(-c2cc(-c3ccon3)n(Cc3ccccc3F)n2)ncc1NC(=O)C1(c2ccccc2F)CC1.O=c1[nH]c(-c2cc(-c3ncco3)n(Cc3ccccc3F)n2)ncc1Sc1ccccn1. The van der Waals surface area contributed by atoms with Crippen LogP contribution in [0.4, 0.5) is 45.0 Å². The normalized spacial score (nSPS) is 12.0. The van der Waals surface area contributed by atoms with E-state index >= 15 is 0 Å². The van der Waals surface area contributed by atoms with Crippen molar-refractivity contribution in [3.63, 3.8) is 0 Å². The molecule has 0 unspecified atom stereocenters. The lowest BCUT2D eigenvalue weighted by molar-refractivity contribution is -0.118. The van der Waals surface area contributed by atoms with Crippen LogP contribution in [-0.2, 0) is 29.8 Å². The molecule has 0 saturated heterocycles. The molecule has 0 atom stereocenters. The molecule has 1 fully saturated rings. The standard InChI is InChI=1S/C27H21F2N7O2.C22H15FN6O2S.C17H13F2N7O.ClH/c28-18-7-3-1-5-16(18)15-36-23(20-9-12-38-35-20)13-21(34-36)25-31-14-22(24(30)33-25)32-26(37)27(10-11-27)17-6-2-4-8-19(17)29;23-15-6-2-1-5-14(15)13-29-17(22-25-9-10-31-22)11-16(28-29)20-26-12-18(21(30)27-20)32-19-7-3-4-8-24-19;18-10-3-1-2-9(15(10)19)8-26-14(12-4-5-27-25-12)6-13(24-26)17-22-7-11(20)16(21)23-17;/h1-9,12-14H,10-11,15H2,(H,32,37)(H2,30,31,33);1-12H,13H2,(H,26,27,30);1-7H,8,20H2,(H2,21,22,23);1H. The van der Waals surface area contributed by atoms with Crippen LogP contribution in [0.5, 0.6) is 0 Å². The molecule has 25 nitrogen and oxygen atoms in total. The Labute approximate surface area is 560 Å². The summed E-state index contributed by atoms with van der Waals surface area (Å²) < 4.78 is 90.4. The van der Waals surface area contributed by atoms with Crippen molar-refractivity contribution in [1.29, 1.82) is 0 Å². The summed E-state index contributed by atoms with van der Waals surface area (Å²) in [5.74, 6) is -2.17. The quantitative estimate of drug-likeness (QED) is 0.0529. The minimum Gasteiger partial charge on any atom is -0.443 e. The van der Waals surface area contributed by atoms with Gasteiger partial charge in [0.1, 0.15) is 81.1 Å². The van der Waals surface area contributed by atoms with Crippen LogP contribution >= 0.6 is 24.2 Å². The summed E-state index contributed by atoms with van der Waals surface area (Å²) in [7, 11) is 0. The number of halogens is 6. The largest absolute Gasteiger partial charge is 0.443 e. The van der Waals surface area contributed by atoms with Crippen LogP contribution < -0.4 is 28.1 Å². The van der Waals surface area contributed by atoms with E-state index in [1.807, 2.05) is 12.1 Å². The second kappa shape index (κ2) is 28.6. The van der Waals surface area contributed by atoms with E-state index in [2.05, 4.69) is 70.8 Å². The smallest absolute Gasteiger partial charge is 0.265 e. The molecular formula is C66H50ClF5N20O5S. The first-order chi connectivity index (χ1) is 47.1. The predicted octanol–water partition coefficient (Wildman–Crippen LogP) is 11.5. The van der Waals surface area contributed by atoms with Crippen LogP contribution in [0, 0.1) is 29.1 Å². The van der Waals surface area contributed by atoms with Gasteiger partial charge in [-0.1, -0.05) is 94.9 Å². The molecule has 10 heterocycles. The number of nitrogens with one attached hydrogen (secondary N) is 2. The number of carbonyl (C=O) groups excluding carboxylic acids is 1. The summed E-state index contributed by atoms with van der Waals surface area (Å²) >= 11 is 1.22. The number of H-pyrrole nitrogens is 1. The van der Waals surface area contributed by atoms with E-state index in [0.717, 1.165) is 6.07 Å². The number of pyridine rings is 1. The Bertz CT molecular complexity index is 5190. The highest BCUT2D eigenvalue weighted by Crippen LogP contribution is 2.50. The molecule has 0 spiro atoms. The fourth-order valence-corrected chi connectivity index (χ4v) is 10.8. The van der Waals surface area contributed by atoms with Gasteiger partial charge in [-0.2, -0.15) is 15.3 Å². The molecule has 15 rings (SSSR count). The highest BCUT2D eigenvalue weighted by Gasteiger charge is 2.53. The number of nitrogens with zero attached hydrogens (tertiary/aromatic N) is 15. The Morgan fingerprint density at radius 2 is 1.12 bits per heavy atom. The summed E-state index contributed by atoms with van der Waals surface area (Å²) in [6, 6.07) is 36.9. The molecule has 1 aliphatic carbocycles. The number of carbonyl (C=O) groups is 1. The third-order valence-electron chi connectivity index (χ3n) is 15.1. The first-order valence-electron chi connectivity index (χ1n) is 29.3. The minimum absolute atomic E-state index is 0. The molecule has 98 heavy (non-hydrogen) atoms. The van der Waals surface area contributed by atoms with Crippen molar-refractivity contribution in [2.45, 2.75) is 47.8 Å². The maximum Gasteiger partial charge on any atom is 0.265 e. The fourth-order valence-electron chi connectivity index (χ4n) is 10.1. The Kier molecular flexibility index (Phi) is 19.1. The number of amides is 1. The summed E-state index contributed by atoms with van der Waals surface area (Å²) in [6.07, 6.45) is 12.7. The first kappa shape index (κ1) is 65.5. The number of aromatic amines is 1. The molecule has 1 aliphatic rings. The van der Waals surface area contributed by atoms with Crippen molar-refractivity contribution in [2.24, 2.45) is 0 Å². The van der Waals surface area contributed by atoms with Crippen LogP contribution in [0.1, 0.15) is 35.1 Å². The summed E-state index contributed by atoms with van der Waals surface area (Å²) in [6.45, 7) is 0.259. The van der Waals surface area contributed by atoms with Gasteiger partial charge in [-0.15, -0.1) is 12.4 Å². The topological polar surface area (TPSA) is 349 Å². The van der Waals surface area contributed by atoms with Gasteiger partial charge >= 0.3 is 0 Å². The number of oxazole rings is 1. The van der Waals surface area contributed by atoms with Crippen LogP contribution in [0.3, 0.4) is 0 Å². The van der Waals surface area contributed by atoms with Gasteiger partial charge in [0.15, 0.2) is 40.7 Å². The van der Waals surface area contributed by atoms with E-state index in [0.29, 0.717) is 90.9 Å². The Morgan fingerprint density at radius 1 is 0.561 bits per heavy atom. The first-order valence-corrected chi connectivity index (χ1v) is 30.1. The van der Waals surface area contributed by atoms with Crippen LogP contribution in [-0.4, -0.2) is 85.4 Å². The Hall–Kier alpha value is -12.5. The van der Waals surface area contributed by atoms with Crippen molar-refractivity contribution in [3.8, 4) is 68.9 Å². The maximum atomic E-state index is 14.4. The number of benzene rings is 4. The molecule has 32 heteroatoms. The van der Waals surface area contributed by atoms with Crippen molar-refractivity contribution in [3.05, 3.63) is 251 Å². The molecule has 10 aromatic heterocycles. The lowest BCUT2D eigenvalue weighted by Gasteiger charge is -2.17. The second-order valence-electron chi connectivity index (χ2n) is 21.5. The third kappa shape index (κ3) is 14.3. The summed E-state index contributed by atoms with van der Waals surface area (Å²) in [5, 5.41) is 24.8. The number of hydrogen-bond acceptors (Lipinski definition) is 21. The van der Waals surface area contributed by atoms with Gasteiger partial charge in [0, 0.05) is 52.8 Å². The number of anilines is 4. The van der Waals surface area contributed by atoms with Gasteiger partial charge in [-0.25, -0.2) is 56.8 Å². The predicted molar refractivity (Wildman–Crippen MR) is 350 cm³/mol. The van der Waals surface area contributed by atoms with E-state index in [1.54, 1.807) is 107 Å². The van der Waals surface area contributed by atoms with Gasteiger partial charge in [0.05, 0.1) is 65.6 Å². The van der Waals surface area contributed by atoms with E-state index in [4.69, 9.17) is 30.7 Å². The zero-order valence-electron chi connectivity index (χ0n) is 50.6. The average molecular weight is 1370 g/mol. The summed E-state index contributed by atoms with van der Waals surface area (Å²) in [4.78, 5) is 58.5. The average Bonchev–Trinajstić information content (AvgIpc) is 1.56. The van der Waals surface area contributed by atoms with E-state index in [1.165, 1.54) is 90.4 Å². The third-order valence-corrected chi connectivity index (χ3v) is 16.1. The fraction of sp³-hybridized carbons (Fsp3) is 0.0909. The van der Waals surface area contributed by atoms with Gasteiger partial charge < -0.3 is 41.0 Å². The molecule has 14 aromatic rings. The van der Waals surface area contributed by atoms with Gasteiger partial charge in [0.25, 0.3) is 5.56 Å². The molecule has 8 N–H and O–H groups in total. The number of nitrogen functional groups attached to an aromatic ring is 3. The number of hydrogen-bond donors (Lipinski definition) is 5. The van der Waals surface area contributed by atoms with Crippen molar-refractivity contribution in [2.75, 3.05) is 22.5 Å². The molecule has 0 radical (unpaired) electrons. The lowest BCUT2D eigenvalue weighted by atomic mass is 9.94. The molecule has 0 bridgehead atoms. The van der Waals surface area contributed by atoms with E-state index < -0.39 is 22.9 Å². The molecule has 4 aromatic carbocycles. The Balaban J connectivity index is 0.000000141. The number of nitrogens with two attached hydrogens (primary N) is 3. The maximum absolute atomic E-state index is 14.4. The monoisotopic (exact) mass is 1360 g/mol. The summed E-state index contributed by atoms with van der Waals surface area (Å²) in [5.41, 5.74) is 21.9. The lowest BCUT2D eigenvalue weighted by Crippen LogP contribution is -2.29. The van der Waals surface area contributed by atoms with Crippen molar-refractivity contribution >= 4 is 53.1 Å². The van der Waals surface area contributed by atoms with Crippen molar-refractivity contribution in [1.82, 2.24) is 79.5 Å². The highest BCUT2D eigenvalue weighted by molar-refractivity contribution is 7.99. The van der Waals surface area contributed by atoms with E-state index in [9.17, 15) is 31.5 Å². The van der Waals surface area contributed by atoms with E-state index in [-0.39, 0.29) is 101 Å². The van der Waals surface area contributed by atoms with Gasteiger partial charge in [0.2, 0.25) is 11.8 Å². The number of aromatic nitrogens is 16. The van der Waals surface area contributed by atoms with Gasteiger partial charge in [-0.05, 0) is 61.4 Å². The minimum atomic E-state index is -0.936. The van der Waals surface area contributed by atoms with Crippen LogP contribution in [0.2, 0.25) is 0 Å². The zero-order chi connectivity index (χ0) is 67.2. The molecular weight excluding hydrogens is 1320 g/mol. The molecule has 0 aliphatic heterocycles. The van der Waals surface area contributed by atoms with Crippen molar-refractivity contribution < 1.29 is 40.2 Å². The Morgan fingerprint density at radius 3 is 1.68 bits per heavy atom. The van der Waals surface area contributed by atoms with Crippen LogP contribution in [0.25, 0.3) is 68.9 Å². The molecule has 1 saturated carbocycles. The zero-order valence-corrected chi connectivity index (χ0v) is 52.3. The van der Waals surface area contributed by atoms with Gasteiger partial charge in [-0.3, -0.25) is 23.6 Å². The molecule has 492 valence electrons.